The molecule has 8 heteroatoms. The molecule has 1 heterocycles. The lowest BCUT2D eigenvalue weighted by atomic mass is 9.95. The van der Waals surface area contributed by atoms with Crippen LogP contribution in [0.2, 0.25) is 0 Å². The Balaban J connectivity index is 1.69. The minimum Gasteiger partial charge on any atom is -0.497 e. The highest BCUT2D eigenvalue weighted by molar-refractivity contribution is 5.96. The van der Waals surface area contributed by atoms with Gasteiger partial charge in [-0.25, -0.2) is 4.79 Å². The molecule has 2 aliphatic rings. The van der Waals surface area contributed by atoms with Gasteiger partial charge in [-0.2, -0.15) is 18.4 Å². The van der Waals surface area contributed by atoms with Crippen LogP contribution in [0, 0.1) is 11.3 Å². The number of fused-ring (bicyclic) bond motifs is 1. The van der Waals surface area contributed by atoms with Gasteiger partial charge in [-0.3, -0.25) is 4.90 Å². The number of hydrogen-bond acceptors (Lipinski definition) is 3. The van der Waals surface area contributed by atoms with Crippen molar-refractivity contribution in [3.05, 3.63) is 71.3 Å². The SMILES string of the molecule is COc1ccc(CN2C(=O)N(c3ccc(C#N)c(C(F)(F)F)c3)[C@@H]3CC=CC[C@H]32)cc1. The third-order valence-electron chi connectivity index (χ3n) is 5.77. The third kappa shape index (κ3) is 3.83. The number of ether oxygens (including phenoxy) is 1. The number of nitrogens with zero attached hydrogens (tertiary/aromatic N) is 3. The van der Waals surface area contributed by atoms with Gasteiger partial charge in [-0.05, 0) is 48.7 Å². The van der Waals surface area contributed by atoms with Gasteiger partial charge in [0.25, 0.3) is 0 Å². The molecule has 0 radical (unpaired) electrons. The standard InChI is InChI=1S/C23H20F3N3O2/c1-31-18-10-6-15(7-11-18)14-28-20-4-2-3-5-21(20)29(22(28)30)17-9-8-16(13-27)19(12-17)23(24,25)26/h2-3,6-12,20-21H,4-5,14H2,1H3/t20-,21-/m1/s1. The number of urea groups is 1. The molecule has 2 atom stereocenters. The number of alkyl halides is 3. The summed E-state index contributed by atoms with van der Waals surface area (Å²) in [5, 5.41) is 9.06. The van der Waals surface area contributed by atoms with Crippen molar-refractivity contribution in [2.75, 3.05) is 12.0 Å². The van der Waals surface area contributed by atoms with Gasteiger partial charge in [-0.15, -0.1) is 0 Å². The van der Waals surface area contributed by atoms with Gasteiger partial charge in [-0.1, -0.05) is 24.3 Å². The first-order chi connectivity index (χ1) is 14.8. The normalized spacial score (nSPS) is 20.5. The number of anilines is 1. The highest BCUT2D eigenvalue weighted by Gasteiger charge is 2.46. The Labute approximate surface area is 177 Å². The van der Waals surface area contributed by atoms with Gasteiger partial charge < -0.3 is 9.64 Å². The van der Waals surface area contributed by atoms with E-state index < -0.39 is 17.3 Å². The topological polar surface area (TPSA) is 56.6 Å². The van der Waals surface area contributed by atoms with E-state index in [4.69, 9.17) is 10.00 Å². The highest BCUT2D eigenvalue weighted by atomic mass is 19.4. The molecule has 0 unspecified atom stereocenters. The third-order valence-corrected chi connectivity index (χ3v) is 5.77. The van der Waals surface area contributed by atoms with Crippen LogP contribution in [0.1, 0.15) is 29.5 Å². The fourth-order valence-electron chi connectivity index (χ4n) is 4.25. The molecule has 5 nitrogen and oxygen atoms in total. The van der Waals surface area contributed by atoms with Crippen molar-refractivity contribution in [3.8, 4) is 11.8 Å². The number of carbonyl (C=O) groups is 1. The van der Waals surface area contributed by atoms with E-state index in [1.807, 2.05) is 36.4 Å². The van der Waals surface area contributed by atoms with Crippen LogP contribution in [0.25, 0.3) is 0 Å². The highest BCUT2D eigenvalue weighted by Crippen LogP contribution is 2.39. The Kier molecular flexibility index (Phi) is 5.36. The van der Waals surface area contributed by atoms with Crippen LogP contribution in [0.3, 0.4) is 0 Å². The molecule has 2 aromatic rings. The van der Waals surface area contributed by atoms with E-state index in [9.17, 15) is 18.0 Å². The van der Waals surface area contributed by atoms with Gasteiger partial charge >= 0.3 is 12.2 Å². The number of methoxy groups -OCH3 is 1. The summed E-state index contributed by atoms with van der Waals surface area (Å²) in [4.78, 5) is 16.5. The number of hydrogen-bond donors (Lipinski definition) is 0. The lowest BCUT2D eigenvalue weighted by molar-refractivity contribution is -0.137. The van der Waals surface area contributed by atoms with Crippen LogP contribution < -0.4 is 9.64 Å². The minimum absolute atomic E-state index is 0.149. The summed E-state index contributed by atoms with van der Waals surface area (Å²) in [6, 6.07) is 11.6. The van der Waals surface area contributed by atoms with Crippen molar-refractivity contribution in [1.29, 1.82) is 5.26 Å². The monoisotopic (exact) mass is 427 g/mol. The maximum Gasteiger partial charge on any atom is 0.417 e. The van der Waals surface area contributed by atoms with Crippen molar-refractivity contribution in [1.82, 2.24) is 4.90 Å². The fraction of sp³-hybridized carbons (Fsp3) is 0.304. The number of nitriles is 1. The summed E-state index contributed by atoms with van der Waals surface area (Å²) in [5.74, 6) is 0.703. The van der Waals surface area contributed by atoms with Gasteiger partial charge in [0, 0.05) is 12.2 Å². The van der Waals surface area contributed by atoms with Crippen LogP contribution in [0.15, 0.2) is 54.6 Å². The molecule has 0 N–H and O–H groups in total. The van der Waals surface area contributed by atoms with Gasteiger partial charge in [0.05, 0.1) is 36.4 Å². The lowest BCUT2D eigenvalue weighted by Gasteiger charge is -2.29. The number of halogens is 3. The Hall–Kier alpha value is -3.47. The lowest BCUT2D eigenvalue weighted by Crippen LogP contribution is -2.38. The summed E-state index contributed by atoms with van der Waals surface area (Å²) in [6.07, 6.45) is 0.451. The number of carbonyl (C=O) groups excluding carboxylic acids is 1. The van der Waals surface area contributed by atoms with E-state index >= 15 is 0 Å². The molecule has 4 rings (SSSR count). The molecule has 160 valence electrons. The average molecular weight is 427 g/mol. The van der Waals surface area contributed by atoms with E-state index in [2.05, 4.69) is 0 Å². The maximum atomic E-state index is 13.5. The maximum absolute atomic E-state index is 13.5. The van der Waals surface area contributed by atoms with Gasteiger partial charge in [0.15, 0.2) is 0 Å². The predicted molar refractivity (Wildman–Crippen MR) is 109 cm³/mol. The number of benzene rings is 2. The molecule has 2 amide bonds. The largest absolute Gasteiger partial charge is 0.497 e. The molecule has 1 fully saturated rings. The second-order valence-electron chi connectivity index (χ2n) is 7.55. The second kappa shape index (κ2) is 7.99. The zero-order valence-corrected chi connectivity index (χ0v) is 16.8. The zero-order valence-electron chi connectivity index (χ0n) is 16.8. The summed E-state index contributed by atoms with van der Waals surface area (Å²) in [6.45, 7) is 0.344. The Morgan fingerprint density at radius 3 is 2.39 bits per heavy atom. The number of rotatable bonds is 4. The molecule has 31 heavy (non-hydrogen) atoms. The smallest absolute Gasteiger partial charge is 0.417 e. The zero-order chi connectivity index (χ0) is 22.2. The predicted octanol–water partition coefficient (Wildman–Crippen LogP) is 5.12. The summed E-state index contributed by atoms with van der Waals surface area (Å²) < 4.78 is 45.6. The Bertz CT molecular complexity index is 1060. The van der Waals surface area contributed by atoms with E-state index in [1.165, 1.54) is 11.0 Å². The molecule has 1 aliphatic carbocycles. The fourth-order valence-corrected chi connectivity index (χ4v) is 4.25. The summed E-state index contributed by atoms with van der Waals surface area (Å²) in [5.41, 5.74) is -0.436. The first kappa shape index (κ1) is 20.8. The van der Waals surface area contributed by atoms with Crippen molar-refractivity contribution in [3.63, 3.8) is 0 Å². The molecule has 0 saturated carbocycles. The molecule has 0 bridgehead atoms. The summed E-state index contributed by atoms with van der Waals surface area (Å²) in [7, 11) is 1.57. The van der Waals surface area contributed by atoms with Crippen molar-refractivity contribution >= 4 is 11.7 Å². The molecule has 0 spiro atoms. The Morgan fingerprint density at radius 1 is 1.10 bits per heavy atom. The van der Waals surface area contributed by atoms with Gasteiger partial charge in [0.2, 0.25) is 0 Å². The van der Waals surface area contributed by atoms with E-state index in [-0.39, 0.29) is 23.8 Å². The molecule has 1 saturated heterocycles. The Morgan fingerprint density at radius 2 is 1.77 bits per heavy atom. The summed E-state index contributed by atoms with van der Waals surface area (Å²) >= 11 is 0. The van der Waals surface area contributed by atoms with Crippen LogP contribution in [0.4, 0.5) is 23.7 Å². The van der Waals surface area contributed by atoms with E-state index in [1.54, 1.807) is 18.1 Å². The minimum atomic E-state index is -4.68. The van der Waals surface area contributed by atoms with Crippen LogP contribution in [-0.4, -0.2) is 30.1 Å². The van der Waals surface area contributed by atoms with Crippen molar-refractivity contribution in [2.45, 2.75) is 37.6 Å². The van der Waals surface area contributed by atoms with Crippen LogP contribution in [0.5, 0.6) is 5.75 Å². The molecular formula is C23H20F3N3O2. The number of amides is 2. The van der Waals surface area contributed by atoms with Crippen LogP contribution in [-0.2, 0) is 12.7 Å². The first-order valence-corrected chi connectivity index (χ1v) is 9.82. The van der Waals surface area contributed by atoms with Crippen LogP contribution >= 0.6 is 0 Å². The quantitative estimate of drug-likeness (QED) is 0.637. The van der Waals surface area contributed by atoms with Gasteiger partial charge in [0.1, 0.15) is 5.75 Å². The first-order valence-electron chi connectivity index (χ1n) is 9.82. The second-order valence-corrected chi connectivity index (χ2v) is 7.55. The molecule has 1 aliphatic heterocycles. The van der Waals surface area contributed by atoms with Crippen molar-refractivity contribution < 1.29 is 22.7 Å². The molecule has 0 aromatic heterocycles. The van der Waals surface area contributed by atoms with E-state index in [0.29, 0.717) is 25.1 Å². The molecule has 2 aromatic carbocycles. The van der Waals surface area contributed by atoms with Crippen molar-refractivity contribution in [2.24, 2.45) is 0 Å². The average Bonchev–Trinajstić information content (AvgIpc) is 3.04. The van der Waals surface area contributed by atoms with E-state index in [0.717, 1.165) is 17.7 Å². The molecular weight excluding hydrogens is 407 g/mol.